The maximum absolute atomic E-state index is 12.6. The molecular formula is C25H34N6O3. The maximum atomic E-state index is 12.6. The van der Waals surface area contributed by atoms with E-state index in [0.29, 0.717) is 23.2 Å². The lowest BCUT2D eigenvalue weighted by Crippen LogP contribution is -2.25. The van der Waals surface area contributed by atoms with Crippen LogP contribution in [0, 0.1) is 5.92 Å². The first-order valence-electron chi connectivity index (χ1n) is 12.2. The lowest BCUT2D eigenvalue weighted by atomic mass is 9.84. The first-order valence-corrected chi connectivity index (χ1v) is 12.2. The smallest absolute Gasteiger partial charge is 0.307 e. The lowest BCUT2D eigenvalue weighted by molar-refractivity contribution is -0.155. The number of imidazole rings is 1. The van der Waals surface area contributed by atoms with Crippen molar-refractivity contribution >= 4 is 5.97 Å². The summed E-state index contributed by atoms with van der Waals surface area (Å²) in [4.78, 5) is 30.1. The summed E-state index contributed by atoms with van der Waals surface area (Å²) in [6, 6.07) is 0. The molecule has 0 N–H and O–H groups in total. The standard InChI is InChI=1S/C25H34N6O3/c1-25(2,3)33-22(32)14-19(11-7-10-18-8-5-4-6-9-18)24-29-23(30-34-24)20-15-27-16-21(28-20)31-13-12-26-17-31/h12-13,15-19H,4-11,14H2,1-3H3. The van der Waals surface area contributed by atoms with Crippen LogP contribution in [-0.4, -0.2) is 41.2 Å². The van der Waals surface area contributed by atoms with E-state index in [9.17, 15) is 4.79 Å². The van der Waals surface area contributed by atoms with Gasteiger partial charge in [-0.05, 0) is 33.1 Å². The van der Waals surface area contributed by atoms with Crippen LogP contribution in [0.1, 0.15) is 90.4 Å². The van der Waals surface area contributed by atoms with Gasteiger partial charge >= 0.3 is 5.97 Å². The molecular weight excluding hydrogens is 432 g/mol. The summed E-state index contributed by atoms with van der Waals surface area (Å²) in [6.07, 6.45) is 18.2. The summed E-state index contributed by atoms with van der Waals surface area (Å²) >= 11 is 0. The molecule has 34 heavy (non-hydrogen) atoms. The minimum atomic E-state index is -0.535. The zero-order valence-electron chi connectivity index (χ0n) is 20.3. The van der Waals surface area contributed by atoms with Crippen LogP contribution in [0.3, 0.4) is 0 Å². The van der Waals surface area contributed by atoms with Crippen LogP contribution in [0.4, 0.5) is 0 Å². The molecule has 0 radical (unpaired) electrons. The van der Waals surface area contributed by atoms with Gasteiger partial charge < -0.3 is 9.26 Å². The molecule has 3 aromatic heterocycles. The van der Waals surface area contributed by atoms with Crippen molar-refractivity contribution < 1.29 is 14.1 Å². The average Bonchev–Trinajstić information content (AvgIpc) is 3.51. The highest BCUT2D eigenvalue weighted by Crippen LogP contribution is 2.32. The first-order chi connectivity index (χ1) is 16.4. The van der Waals surface area contributed by atoms with Gasteiger partial charge in [-0.3, -0.25) is 14.3 Å². The van der Waals surface area contributed by atoms with Crippen LogP contribution in [-0.2, 0) is 9.53 Å². The van der Waals surface area contributed by atoms with Gasteiger partial charge in [-0.25, -0.2) is 9.97 Å². The summed E-state index contributed by atoms with van der Waals surface area (Å²) in [5, 5.41) is 4.14. The van der Waals surface area contributed by atoms with Crippen molar-refractivity contribution in [2.75, 3.05) is 0 Å². The summed E-state index contributed by atoms with van der Waals surface area (Å²) in [7, 11) is 0. The molecule has 0 aromatic carbocycles. The summed E-state index contributed by atoms with van der Waals surface area (Å²) in [5.74, 6) is 1.75. The predicted molar refractivity (Wildman–Crippen MR) is 126 cm³/mol. The van der Waals surface area contributed by atoms with E-state index in [-0.39, 0.29) is 18.3 Å². The number of hydrogen-bond donors (Lipinski definition) is 0. The molecule has 1 aliphatic rings. The number of hydrogen-bond acceptors (Lipinski definition) is 8. The fourth-order valence-corrected chi connectivity index (χ4v) is 4.51. The highest BCUT2D eigenvalue weighted by Gasteiger charge is 2.27. The van der Waals surface area contributed by atoms with Gasteiger partial charge in [0.15, 0.2) is 5.82 Å². The minimum absolute atomic E-state index is 0.190. The number of nitrogens with zero attached hydrogens (tertiary/aromatic N) is 6. The van der Waals surface area contributed by atoms with Crippen molar-refractivity contribution in [1.29, 1.82) is 0 Å². The molecule has 3 aromatic rings. The first kappa shape index (κ1) is 24.0. The molecule has 0 amide bonds. The minimum Gasteiger partial charge on any atom is -0.460 e. The molecule has 1 unspecified atom stereocenters. The number of esters is 1. The Labute approximate surface area is 200 Å². The average molecular weight is 467 g/mol. The Balaban J connectivity index is 1.48. The fraction of sp³-hybridized carbons (Fsp3) is 0.600. The van der Waals surface area contributed by atoms with Crippen LogP contribution in [0.15, 0.2) is 35.6 Å². The van der Waals surface area contributed by atoms with Crippen molar-refractivity contribution in [1.82, 2.24) is 29.7 Å². The van der Waals surface area contributed by atoms with Crippen molar-refractivity contribution in [2.24, 2.45) is 5.92 Å². The summed E-state index contributed by atoms with van der Waals surface area (Å²) in [5.41, 5.74) is -0.0352. The molecule has 9 nitrogen and oxygen atoms in total. The van der Waals surface area contributed by atoms with Gasteiger partial charge in [-0.15, -0.1) is 0 Å². The van der Waals surface area contributed by atoms with E-state index < -0.39 is 5.60 Å². The van der Waals surface area contributed by atoms with Gasteiger partial charge in [0.2, 0.25) is 11.7 Å². The van der Waals surface area contributed by atoms with Gasteiger partial charge in [0.1, 0.15) is 17.6 Å². The SMILES string of the molecule is CC(C)(C)OC(=O)CC(CCCC1CCCCC1)c1nc(-c2cncc(-n3ccnc3)n2)no1. The number of carbonyl (C=O) groups is 1. The van der Waals surface area contributed by atoms with Crippen LogP contribution < -0.4 is 0 Å². The van der Waals surface area contributed by atoms with Gasteiger partial charge in [0.05, 0.1) is 18.8 Å². The quantitative estimate of drug-likeness (QED) is 0.392. The van der Waals surface area contributed by atoms with Gasteiger partial charge in [-0.1, -0.05) is 50.1 Å². The molecule has 0 saturated heterocycles. The molecule has 182 valence electrons. The van der Waals surface area contributed by atoms with Crippen molar-refractivity contribution in [3.05, 3.63) is 37.0 Å². The molecule has 1 fully saturated rings. The molecule has 1 aliphatic carbocycles. The fourth-order valence-electron chi connectivity index (χ4n) is 4.51. The Bertz CT molecular complexity index is 1050. The number of rotatable bonds is 9. The predicted octanol–water partition coefficient (Wildman–Crippen LogP) is 5.28. The Morgan fingerprint density at radius 1 is 1.18 bits per heavy atom. The Kier molecular flexibility index (Phi) is 7.70. The lowest BCUT2D eigenvalue weighted by Gasteiger charge is -2.23. The Hall–Kier alpha value is -3.10. The molecule has 4 rings (SSSR count). The zero-order valence-corrected chi connectivity index (χ0v) is 20.3. The van der Waals surface area contributed by atoms with Crippen LogP contribution in [0.5, 0.6) is 0 Å². The molecule has 1 atom stereocenters. The third-order valence-electron chi connectivity index (χ3n) is 6.13. The maximum Gasteiger partial charge on any atom is 0.307 e. The number of ether oxygens (including phenoxy) is 1. The third kappa shape index (κ3) is 6.71. The van der Waals surface area contributed by atoms with Crippen molar-refractivity contribution in [2.45, 2.75) is 90.1 Å². The summed E-state index contributed by atoms with van der Waals surface area (Å²) < 4.78 is 13.0. The Morgan fingerprint density at radius 2 is 2.00 bits per heavy atom. The van der Waals surface area contributed by atoms with E-state index >= 15 is 0 Å². The van der Waals surface area contributed by atoms with Crippen LogP contribution in [0.2, 0.25) is 0 Å². The number of aromatic nitrogens is 6. The number of carbonyl (C=O) groups excluding carboxylic acids is 1. The second-order valence-electron chi connectivity index (χ2n) is 10.1. The molecule has 0 spiro atoms. The van der Waals surface area contributed by atoms with E-state index in [4.69, 9.17) is 9.26 Å². The van der Waals surface area contributed by atoms with Crippen LogP contribution >= 0.6 is 0 Å². The molecule has 9 heteroatoms. The zero-order chi connectivity index (χ0) is 24.0. The molecule has 0 aliphatic heterocycles. The van der Waals surface area contributed by atoms with Crippen LogP contribution in [0.25, 0.3) is 17.3 Å². The highest BCUT2D eigenvalue weighted by molar-refractivity contribution is 5.70. The normalized spacial score (nSPS) is 15.9. The van der Waals surface area contributed by atoms with Crippen molar-refractivity contribution in [3.63, 3.8) is 0 Å². The van der Waals surface area contributed by atoms with E-state index in [0.717, 1.165) is 18.8 Å². The largest absolute Gasteiger partial charge is 0.460 e. The van der Waals surface area contributed by atoms with E-state index in [2.05, 4.69) is 25.1 Å². The summed E-state index contributed by atoms with van der Waals surface area (Å²) in [6.45, 7) is 5.62. The molecule has 1 saturated carbocycles. The van der Waals surface area contributed by atoms with Gasteiger partial charge in [-0.2, -0.15) is 4.98 Å². The third-order valence-corrected chi connectivity index (χ3v) is 6.13. The van der Waals surface area contributed by atoms with E-state index in [1.54, 1.807) is 35.7 Å². The molecule has 3 heterocycles. The van der Waals surface area contributed by atoms with Crippen molar-refractivity contribution in [3.8, 4) is 17.3 Å². The highest BCUT2D eigenvalue weighted by atomic mass is 16.6. The van der Waals surface area contributed by atoms with E-state index in [1.807, 2.05) is 20.8 Å². The Morgan fingerprint density at radius 3 is 2.74 bits per heavy atom. The van der Waals surface area contributed by atoms with Gasteiger partial charge in [0, 0.05) is 18.3 Å². The van der Waals surface area contributed by atoms with Gasteiger partial charge in [0.25, 0.3) is 0 Å². The second kappa shape index (κ2) is 10.9. The molecule has 0 bridgehead atoms. The topological polar surface area (TPSA) is 109 Å². The monoisotopic (exact) mass is 466 g/mol. The second-order valence-corrected chi connectivity index (χ2v) is 10.1. The van der Waals surface area contributed by atoms with E-state index in [1.165, 1.54) is 38.5 Å².